The van der Waals surface area contributed by atoms with Crippen LogP contribution in [-0.2, 0) is 22.5 Å². The molecule has 5 nitrogen and oxygen atoms in total. The average molecular weight is 505 g/mol. The monoisotopic (exact) mass is 504 g/mol. The number of hydrogen-bond donors (Lipinski definition) is 1. The summed E-state index contributed by atoms with van der Waals surface area (Å²) in [6.45, 7) is 6.17. The van der Waals surface area contributed by atoms with Gasteiger partial charge in [0.05, 0.1) is 7.11 Å². The Bertz CT molecular complexity index is 1140. The van der Waals surface area contributed by atoms with Crippen LogP contribution in [0.2, 0.25) is 0 Å². The van der Waals surface area contributed by atoms with Gasteiger partial charge in [0.1, 0.15) is 11.6 Å². The van der Waals surface area contributed by atoms with E-state index in [4.69, 9.17) is 9.47 Å². The number of carbonyl (C=O) groups excluding carboxylic acids is 1. The van der Waals surface area contributed by atoms with Crippen molar-refractivity contribution in [1.82, 2.24) is 10.2 Å². The number of benzene rings is 3. The molecule has 4 rings (SSSR count). The van der Waals surface area contributed by atoms with E-state index in [1.54, 1.807) is 13.2 Å². The number of amides is 1. The summed E-state index contributed by atoms with van der Waals surface area (Å²) in [6.07, 6.45) is 2.96. The molecule has 0 aliphatic carbocycles. The molecule has 0 spiro atoms. The van der Waals surface area contributed by atoms with Gasteiger partial charge in [-0.1, -0.05) is 61.5 Å². The largest absolute Gasteiger partial charge is 0.496 e. The number of ether oxygens (including phenoxy) is 2. The average Bonchev–Trinajstić information content (AvgIpc) is 3.41. The maximum Gasteiger partial charge on any atom is 0.252 e. The van der Waals surface area contributed by atoms with Crippen molar-refractivity contribution in [3.05, 3.63) is 89.7 Å². The van der Waals surface area contributed by atoms with Crippen LogP contribution in [-0.4, -0.2) is 49.8 Å². The number of rotatable bonds is 12. The molecule has 1 heterocycles. The van der Waals surface area contributed by atoms with Gasteiger partial charge in [-0.25, -0.2) is 4.39 Å². The van der Waals surface area contributed by atoms with Gasteiger partial charge >= 0.3 is 0 Å². The van der Waals surface area contributed by atoms with Crippen molar-refractivity contribution >= 4 is 5.91 Å². The molecule has 1 N–H and O–H groups in total. The van der Waals surface area contributed by atoms with E-state index in [0.29, 0.717) is 37.3 Å². The van der Waals surface area contributed by atoms with Gasteiger partial charge in [-0.3, -0.25) is 9.69 Å². The van der Waals surface area contributed by atoms with Crippen molar-refractivity contribution in [3.8, 4) is 16.9 Å². The number of nitrogens with zero attached hydrogens (tertiary/aromatic N) is 1. The van der Waals surface area contributed by atoms with Crippen molar-refractivity contribution in [3.63, 3.8) is 0 Å². The van der Waals surface area contributed by atoms with Crippen LogP contribution >= 0.6 is 0 Å². The maximum absolute atomic E-state index is 13.8. The summed E-state index contributed by atoms with van der Waals surface area (Å²) >= 11 is 0. The Morgan fingerprint density at radius 2 is 1.86 bits per heavy atom. The normalized spacial score (nSPS) is 17.2. The lowest BCUT2D eigenvalue weighted by atomic mass is 9.89. The summed E-state index contributed by atoms with van der Waals surface area (Å²) in [4.78, 5) is 15.7. The zero-order chi connectivity index (χ0) is 26.1. The van der Waals surface area contributed by atoms with Crippen LogP contribution in [0.4, 0.5) is 4.39 Å². The molecule has 0 aromatic heterocycles. The second-order valence-electron chi connectivity index (χ2n) is 9.63. The first-order chi connectivity index (χ1) is 18.0. The predicted octanol–water partition coefficient (Wildman–Crippen LogP) is 5.62. The SMILES string of the molecule is CCN(CCCNC(=O)[C@]1(Cc2ccc(-c3cc(F)ccc3OC)cc2)CCCO1)Cc1ccccc1. The number of nitrogens with one attached hydrogen (secondary N) is 1. The maximum atomic E-state index is 13.8. The summed E-state index contributed by atoms with van der Waals surface area (Å²) in [5, 5.41) is 3.14. The van der Waals surface area contributed by atoms with Crippen LogP contribution in [0.3, 0.4) is 0 Å². The zero-order valence-corrected chi connectivity index (χ0v) is 21.8. The van der Waals surface area contributed by atoms with E-state index in [-0.39, 0.29) is 11.7 Å². The third-order valence-electron chi connectivity index (χ3n) is 7.07. The molecule has 1 saturated heterocycles. The molecule has 3 aromatic rings. The second kappa shape index (κ2) is 12.8. The first-order valence-corrected chi connectivity index (χ1v) is 13.1. The number of methoxy groups -OCH3 is 1. The molecule has 0 unspecified atom stereocenters. The van der Waals surface area contributed by atoms with Gasteiger partial charge < -0.3 is 14.8 Å². The quantitative estimate of drug-likeness (QED) is 0.325. The summed E-state index contributed by atoms with van der Waals surface area (Å²) < 4.78 is 25.3. The third kappa shape index (κ3) is 6.96. The van der Waals surface area contributed by atoms with Gasteiger partial charge in [-0.15, -0.1) is 0 Å². The highest BCUT2D eigenvalue weighted by Gasteiger charge is 2.42. The van der Waals surface area contributed by atoms with Crippen LogP contribution < -0.4 is 10.1 Å². The summed E-state index contributed by atoms with van der Waals surface area (Å²) in [6, 6.07) is 22.8. The molecule has 1 aliphatic heterocycles. The lowest BCUT2D eigenvalue weighted by Gasteiger charge is -2.28. The minimum absolute atomic E-state index is 0.0352. The Morgan fingerprint density at radius 1 is 1.08 bits per heavy atom. The van der Waals surface area contributed by atoms with Gasteiger partial charge in [0.2, 0.25) is 0 Å². The zero-order valence-electron chi connectivity index (χ0n) is 21.8. The molecule has 0 saturated carbocycles. The number of carbonyl (C=O) groups is 1. The van der Waals surface area contributed by atoms with Crippen LogP contribution in [0.25, 0.3) is 11.1 Å². The van der Waals surface area contributed by atoms with E-state index < -0.39 is 5.60 Å². The van der Waals surface area contributed by atoms with E-state index in [1.165, 1.54) is 17.7 Å². The summed E-state index contributed by atoms with van der Waals surface area (Å²) in [5.74, 6) is 0.276. The van der Waals surface area contributed by atoms with Crippen molar-refractivity contribution in [1.29, 1.82) is 0 Å². The Labute approximate surface area is 219 Å². The van der Waals surface area contributed by atoms with Crippen molar-refractivity contribution in [2.75, 3.05) is 33.4 Å². The van der Waals surface area contributed by atoms with Crippen molar-refractivity contribution in [2.45, 2.75) is 44.8 Å². The van der Waals surface area contributed by atoms with Crippen LogP contribution in [0.5, 0.6) is 5.75 Å². The van der Waals surface area contributed by atoms with E-state index in [9.17, 15) is 9.18 Å². The predicted molar refractivity (Wildman–Crippen MR) is 145 cm³/mol. The molecule has 1 amide bonds. The fraction of sp³-hybridized carbons (Fsp3) is 0.387. The fourth-order valence-electron chi connectivity index (χ4n) is 4.99. The first kappa shape index (κ1) is 26.8. The van der Waals surface area contributed by atoms with Gasteiger partial charge in [0.25, 0.3) is 5.91 Å². The van der Waals surface area contributed by atoms with Crippen LogP contribution in [0.15, 0.2) is 72.8 Å². The number of hydrogen-bond acceptors (Lipinski definition) is 4. The molecule has 0 radical (unpaired) electrons. The molecule has 1 fully saturated rings. The van der Waals surface area contributed by atoms with Crippen LogP contribution in [0, 0.1) is 5.82 Å². The number of halogens is 1. The van der Waals surface area contributed by atoms with Crippen LogP contribution in [0.1, 0.15) is 37.3 Å². The Morgan fingerprint density at radius 3 is 2.54 bits per heavy atom. The van der Waals surface area contributed by atoms with Crippen molar-refractivity contribution < 1.29 is 18.7 Å². The highest BCUT2D eigenvalue weighted by Crippen LogP contribution is 2.33. The Kier molecular flexibility index (Phi) is 9.31. The molecule has 6 heteroatoms. The standard InChI is InChI=1S/C31H37FN2O3/c1-3-34(23-25-9-5-4-6-10-25)19-8-18-33-30(35)31(17-7-20-37-31)22-24-11-13-26(14-12-24)28-21-27(32)15-16-29(28)36-2/h4-6,9-16,21H,3,7-8,17-20,22-23H2,1-2H3,(H,33,35)/t31-/m1/s1. The topological polar surface area (TPSA) is 50.8 Å². The molecule has 1 aliphatic rings. The Hall–Kier alpha value is -3.22. The highest BCUT2D eigenvalue weighted by atomic mass is 19.1. The molecule has 3 aromatic carbocycles. The molecule has 0 bridgehead atoms. The summed E-state index contributed by atoms with van der Waals surface area (Å²) in [5.41, 5.74) is 3.03. The second-order valence-corrected chi connectivity index (χ2v) is 9.63. The van der Waals surface area contributed by atoms with Crippen molar-refractivity contribution in [2.24, 2.45) is 0 Å². The molecular formula is C31H37FN2O3. The van der Waals surface area contributed by atoms with E-state index in [2.05, 4.69) is 41.4 Å². The van der Waals surface area contributed by atoms with Gasteiger partial charge in [-0.2, -0.15) is 0 Å². The molecule has 196 valence electrons. The molecule has 37 heavy (non-hydrogen) atoms. The molecule has 1 atom stereocenters. The van der Waals surface area contributed by atoms with Gasteiger partial charge in [-0.05, 0) is 60.7 Å². The van der Waals surface area contributed by atoms with E-state index >= 15 is 0 Å². The first-order valence-electron chi connectivity index (χ1n) is 13.1. The van der Waals surface area contributed by atoms with Gasteiger partial charge in [0, 0.05) is 38.2 Å². The fourth-order valence-corrected chi connectivity index (χ4v) is 4.99. The summed E-state index contributed by atoms with van der Waals surface area (Å²) in [7, 11) is 1.58. The lowest BCUT2D eigenvalue weighted by molar-refractivity contribution is -0.141. The molecular weight excluding hydrogens is 467 g/mol. The highest BCUT2D eigenvalue weighted by molar-refractivity contribution is 5.86. The van der Waals surface area contributed by atoms with Gasteiger partial charge in [0.15, 0.2) is 5.60 Å². The Balaban J connectivity index is 1.33. The lowest BCUT2D eigenvalue weighted by Crippen LogP contribution is -2.48. The van der Waals surface area contributed by atoms with E-state index in [0.717, 1.165) is 43.6 Å². The smallest absolute Gasteiger partial charge is 0.252 e. The van der Waals surface area contributed by atoms with E-state index in [1.807, 2.05) is 30.3 Å². The minimum atomic E-state index is -0.841. The third-order valence-corrected chi connectivity index (χ3v) is 7.07. The minimum Gasteiger partial charge on any atom is -0.496 e.